The van der Waals surface area contributed by atoms with Gasteiger partial charge in [0.1, 0.15) is 0 Å². The molecule has 2 rings (SSSR count). The van der Waals surface area contributed by atoms with Crippen molar-refractivity contribution in [1.29, 1.82) is 0 Å². The average molecular weight is 176 g/mol. The number of hydrogen-bond acceptors (Lipinski definition) is 3. The normalized spacial score (nSPS) is 11.4. The van der Waals surface area contributed by atoms with E-state index in [1.807, 2.05) is 12.3 Å². The second-order valence-corrected chi connectivity index (χ2v) is 3.55. The van der Waals surface area contributed by atoms with Gasteiger partial charge in [0.15, 0.2) is 5.65 Å². The summed E-state index contributed by atoms with van der Waals surface area (Å²) in [5.74, 6) is 0.508. The van der Waals surface area contributed by atoms with E-state index in [4.69, 9.17) is 0 Å². The zero-order valence-corrected chi connectivity index (χ0v) is 8.02. The molecule has 0 N–H and O–H groups in total. The molecule has 0 radical (unpaired) electrons. The Morgan fingerprint density at radius 3 is 2.85 bits per heavy atom. The maximum Gasteiger partial charge on any atom is 0.179 e. The van der Waals surface area contributed by atoms with Crippen molar-refractivity contribution in [2.45, 2.75) is 26.7 Å². The highest BCUT2D eigenvalue weighted by Crippen LogP contribution is 2.18. The summed E-state index contributed by atoms with van der Waals surface area (Å²) in [4.78, 5) is 0. The standard InChI is InChI=1S/C9H12N4/c1-6(2)8-5-13-9(4-7(8)3)10-11-12-13/h4-6H,1-3H3. The number of pyridine rings is 1. The van der Waals surface area contributed by atoms with Crippen LogP contribution in [0.3, 0.4) is 0 Å². The van der Waals surface area contributed by atoms with Crippen LogP contribution in [0.4, 0.5) is 0 Å². The third-order valence-electron chi connectivity index (χ3n) is 2.20. The Kier molecular flexibility index (Phi) is 1.76. The van der Waals surface area contributed by atoms with Crippen molar-refractivity contribution in [3.05, 3.63) is 23.4 Å². The van der Waals surface area contributed by atoms with Crippen LogP contribution in [-0.4, -0.2) is 20.0 Å². The highest BCUT2D eigenvalue weighted by Gasteiger charge is 2.06. The summed E-state index contributed by atoms with van der Waals surface area (Å²) in [5, 5.41) is 11.3. The van der Waals surface area contributed by atoms with Crippen molar-refractivity contribution in [3.8, 4) is 0 Å². The molecule has 0 saturated heterocycles. The first-order valence-corrected chi connectivity index (χ1v) is 4.36. The summed E-state index contributed by atoms with van der Waals surface area (Å²) in [6.07, 6.45) is 2.00. The molecule has 13 heavy (non-hydrogen) atoms. The second-order valence-electron chi connectivity index (χ2n) is 3.55. The fraction of sp³-hybridized carbons (Fsp3) is 0.444. The molecule has 0 saturated carbocycles. The molecule has 4 heteroatoms. The van der Waals surface area contributed by atoms with Gasteiger partial charge < -0.3 is 0 Å². The molecule has 0 amide bonds. The van der Waals surface area contributed by atoms with Gasteiger partial charge in [-0.3, -0.25) is 0 Å². The van der Waals surface area contributed by atoms with Gasteiger partial charge in [-0.25, -0.2) is 4.52 Å². The molecule has 2 aromatic heterocycles. The van der Waals surface area contributed by atoms with E-state index in [0.29, 0.717) is 5.92 Å². The van der Waals surface area contributed by atoms with Crippen LogP contribution < -0.4 is 0 Å². The van der Waals surface area contributed by atoms with Gasteiger partial charge in [0.25, 0.3) is 0 Å². The van der Waals surface area contributed by atoms with Gasteiger partial charge in [-0.15, -0.1) is 5.10 Å². The van der Waals surface area contributed by atoms with Gasteiger partial charge in [0.05, 0.1) is 0 Å². The Morgan fingerprint density at radius 2 is 2.15 bits per heavy atom. The average Bonchev–Trinajstić information content (AvgIpc) is 2.48. The van der Waals surface area contributed by atoms with E-state index in [9.17, 15) is 0 Å². The third-order valence-corrected chi connectivity index (χ3v) is 2.20. The Bertz CT molecular complexity index is 430. The van der Waals surface area contributed by atoms with Gasteiger partial charge in [-0.05, 0) is 40.5 Å². The van der Waals surface area contributed by atoms with Gasteiger partial charge in [-0.2, -0.15) is 0 Å². The molecular formula is C9H12N4. The molecule has 0 fully saturated rings. The van der Waals surface area contributed by atoms with E-state index in [1.54, 1.807) is 4.52 Å². The van der Waals surface area contributed by atoms with Gasteiger partial charge in [0.2, 0.25) is 0 Å². The molecular weight excluding hydrogens is 164 g/mol. The van der Waals surface area contributed by atoms with Crippen LogP contribution in [0.5, 0.6) is 0 Å². The Balaban J connectivity index is 2.69. The van der Waals surface area contributed by atoms with E-state index in [-0.39, 0.29) is 0 Å². The molecule has 0 spiro atoms. The van der Waals surface area contributed by atoms with Gasteiger partial charge in [0, 0.05) is 6.20 Å². The minimum atomic E-state index is 0.508. The van der Waals surface area contributed by atoms with Crippen LogP contribution in [-0.2, 0) is 0 Å². The lowest BCUT2D eigenvalue weighted by molar-refractivity contribution is 0.790. The molecule has 0 aliphatic carbocycles. The Hall–Kier alpha value is -1.45. The first kappa shape index (κ1) is 8.16. The van der Waals surface area contributed by atoms with Crippen LogP contribution in [0.15, 0.2) is 12.3 Å². The molecule has 0 aliphatic heterocycles. The maximum absolute atomic E-state index is 3.88. The lowest BCUT2D eigenvalue weighted by Gasteiger charge is -2.08. The largest absolute Gasteiger partial charge is 0.200 e. The number of aryl methyl sites for hydroxylation is 1. The van der Waals surface area contributed by atoms with Crippen LogP contribution in [0, 0.1) is 6.92 Å². The molecule has 0 aliphatic rings. The number of nitrogens with zero attached hydrogens (tertiary/aromatic N) is 4. The highest BCUT2D eigenvalue weighted by atomic mass is 15.5. The fourth-order valence-electron chi connectivity index (χ4n) is 1.50. The first-order valence-electron chi connectivity index (χ1n) is 4.36. The van der Waals surface area contributed by atoms with Crippen LogP contribution in [0.25, 0.3) is 5.65 Å². The van der Waals surface area contributed by atoms with Crippen LogP contribution in [0.2, 0.25) is 0 Å². The predicted molar refractivity (Wildman–Crippen MR) is 49.6 cm³/mol. The van der Waals surface area contributed by atoms with E-state index in [1.165, 1.54) is 11.1 Å². The van der Waals surface area contributed by atoms with Crippen molar-refractivity contribution < 1.29 is 0 Å². The van der Waals surface area contributed by atoms with Crippen molar-refractivity contribution in [1.82, 2.24) is 20.0 Å². The van der Waals surface area contributed by atoms with Gasteiger partial charge in [-0.1, -0.05) is 13.8 Å². The van der Waals surface area contributed by atoms with Crippen LogP contribution in [0.1, 0.15) is 30.9 Å². The van der Waals surface area contributed by atoms with E-state index in [2.05, 4.69) is 36.3 Å². The smallest absolute Gasteiger partial charge is 0.179 e. The topological polar surface area (TPSA) is 43.1 Å². The SMILES string of the molecule is Cc1cc2nnnn2cc1C(C)C. The molecule has 68 valence electrons. The summed E-state index contributed by atoms with van der Waals surface area (Å²) in [7, 11) is 0. The Labute approximate surface area is 76.6 Å². The number of hydrogen-bond donors (Lipinski definition) is 0. The van der Waals surface area contributed by atoms with Crippen LogP contribution >= 0.6 is 0 Å². The molecule has 0 unspecified atom stereocenters. The van der Waals surface area contributed by atoms with E-state index < -0.39 is 0 Å². The monoisotopic (exact) mass is 176 g/mol. The minimum absolute atomic E-state index is 0.508. The number of aromatic nitrogens is 4. The Morgan fingerprint density at radius 1 is 1.38 bits per heavy atom. The summed E-state index contributed by atoms with van der Waals surface area (Å²) in [6, 6.07) is 2.01. The summed E-state index contributed by atoms with van der Waals surface area (Å²) in [6.45, 7) is 6.42. The number of tetrazole rings is 1. The molecule has 0 aromatic carbocycles. The second kappa shape index (κ2) is 2.80. The van der Waals surface area contributed by atoms with E-state index >= 15 is 0 Å². The maximum atomic E-state index is 3.88. The fourth-order valence-corrected chi connectivity index (χ4v) is 1.50. The van der Waals surface area contributed by atoms with Crippen molar-refractivity contribution in [3.63, 3.8) is 0 Å². The third kappa shape index (κ3) is 1.28. The first-order chi connectivity index (χ1) is 6.18. The lowest BCUT2D eigenvalue weighted by Crippen LogP contribution is -1.97. The molecule has 0 bridgehead atoms. The van der Waals surface area contributed by atoms with Crippen molar-refractivity contribution in [2.75, 3.05) is 0 Å². The quantitative estimate of drug-likeness (QED) is 0.662. The lowest BCUT2D eigenvalue weighted by atomic mass is 10.0. The summed E-state index contributed by atoms with van der Waals surface area (Å²) >= 11 is 0. The molecule has 0 atom stereocenters. The summed E-state index contributed by atoms with van der Waals surface area (Å²) in [5.41, 5.74) is 3.35. The van der Waals surface area contributed by atoms with Gasteiger partial charge >= 0.3 is 0 Å². The molecule has 2 aromatic rings. The predicted octanol–water partition coefficient (Wildman–Crippen LogP) is 1.56. The zero-order valence-electron chi connectivity index (χ0n) is 8.02. The zero-order chi connectivity index (χ0) is 9.42. The molecule has 2 heterocycles. The number of fused-ring (bicyclic) bond motifs is 1. The minimum Gasteiger partial charge on any atom is -0.200 e. The number of rotatable bonds is 1. The molecule has 4 nitrogen and oxygen atoms in total. The summed E-state index contributed by atoms with van der Waals surface area (Å²) < 4.78 is 1.71. The van der Waals surface area contributed by atoms with E-state index in [0.717, 1.165) is 5.65 Å². The van der Waals surface area contributed by atoms with Crippen molar-refractivity contribution >= 4 is 5.65 Å². The van der Waals surface area contributed by atoms with Crippen molar-refractivity contribution in [2.24, 2.45) is 0 Å². The highest BCUT2D eigenvalue weighted by molar-refractivity contribution is 5.42.